The summed E-state index contributed by atoms with van der Waals surface area (Å²) in [5, 5.41) is 13.0. The van der Waals surface area contributed by atoms with Crippen molar-refractivity contribution in [3.05, 3.63) is 64.0 Å². The number of fused-ring (bicyclic) bond motifs is 1. The molecule has 1 aromatic heterocycles. The third-order valence-electron chi connectivity index (χ3n) is 3.77. The second-order valence-corrected chi connectivity index (χ2v) is 6.96. The lowest BCUT2D eigenvalue weighted by Gasteiger charge is -1.99. The predicted octanol–water partition coefficient (Wildman–Crippen LogP) is 4.79. The molecule has 1 saturated heterocycles. The van der Waals surface area contributed by atoms with E-state index >= 15 is 0 Å². The van der Waals surface area contributed by atoms with Crippen molar-refractivity contribution in [2.45, 2.75) is 0 Å². The first-order valence-corrected chi connectivity index (χ1v) is 8.79. The standard InChI is InChI=1S/C19H10ClN3O2S/c20-14-5-6-15-13(8-14)9-16(25-15)12-3-1-11(2-4-12)7-17-18(24)23-19(26-17)22-10-21/h1-9H,(H,22,23,24). The van der Waals surface area contributed by atoms with Gasteiger partial charge in [0.2, 0.25) is 6.19 Å². The lowest BCUT2D eigenvalue weighted by atomic mass is 10.1. The average molecular weight is 380 g/mol. The molecule has 26 heavy (non-hydrogen) atoms. The van der Waals surface area contributed by atoms with Gasteiger partial charge in [0, 0.05) is 16.0 Å². The van der Waals surface area contributed by atoms with Crippen molar-refractivity contribution >= 4 is 51.5 Å². The lowest BCUT2D eigenvalue weighted by Crippen LogP contribution is -2.19. The molecule has 3 aromatic rings. The Morgan fingerprint density at radius 1 is 1.19 bits per heavy atom. The summed E-state index contributed by atoms with van der Waals surface area (Å²) in [4.78, 5) is 15.9. The number of thioether (sulfide) groups is 1. The second kappa shape index (κ2) is 6.71. The molecular weight excluding hydrogens is 370 g/mol. The maximum Gasteiger partial charge on any atom is 0.264 e. The number of rotatable bonds is 2. The molecular formula is C19H10ClN3O2S. The van der Waals surface area contributed by atoms with Gasteiger partial charge in [-0.15, -0.1) is 4.99 Å². The van der Waals surface area contributed by atoms with Gasteiger partial charge in [0.25, 0.3) is 5.91 Å². The Bertz CT molecular complexity index is 1120. The van der Waals surface area contributed by atoms with Gasteiger partial charge in [-0.3, -0.25) is 10.1 Å². The summed E-state index contributed by atoms with van der Waals surface area (Å²) in [6.45, 7) is 0. The van der Waals surface area contributed by atoms with Gasteiger partial charge in [0.1, 0.15) is 11.3 Å². The number of aliphatic imine (C=N–C) groups is 1. The highest BCUT2D eigenvalue weighted by Gasteiger charge is 2.23. The molecule has 0 spiro atoms. The first kappa shape index (κ1) is 16.5. The highest BCUT2D eigenvalue weighted by atomic mass is 35.5. The molecule has 1 aliphatic heterocycles. The third kappa shape index (κ3) is 3.23. The Hall–Kier alpha value is -3.01. The number of nitrogens with zero attached hydrogens (tertiary/aromatic N) is 2. The maximum atomic E-state index is 11.9. The topological polar surface area (TPSA) is 78.4 Å². The fourth-order valence-corrected chi connectivity index (χ4v) is 3.54. The number of hydrogen-bond donors (Lipinski definition) is 1. The molecule has 2 heterocycles. The van der Waals surface area contributed by atoms with Crippen LogP contribution in [0.15, 0.2) is 62.8 Å². The van der Waals surface area contributed by atoms with Gasteiger partial charge in [0.05, 0.1) is 4.91 Å². The number of amidine groups is 1. The molecule has 126 valence electrons. The minimum atomic E-state index is -0.262. The summed E-state index contributed by atoms with van der Waals surface area (Å²) < 4.78 is 5.85. The van der Waals surface area contributed by atoms with Crippen molar-refractivity contribution in [3.8, 4) is 17.5 Å². The van der Waals surface area contributed by atoms with Gasteiger partial charge >= 0.3 is 0 Å². The van der Waals surface area contributed by atoms with E-state index in [1.165, 1.54) is 0 Å². The molecule has 5 nitrogen and oxygen atoms in total. The van der Waals surface area contributed by atoms with Crippen LogP contribution in [0, 0.1) is 11.5 Å². The van der Waals surface area contributed by atoms with E-state index in [4.69, 9.17) is 21.3 Å². The molecule has 1 aliphatic rings. The normalized spacial score (nSPS) is 17.0. The summed E-state index contributed by atoms with van der Waals surface area (Å²) in [6, 6.07) is 15.1. The second-order valence-electron chi connectivity index (χ2n) is 5.50. The molecule has 0 bridgehead atoms. The minimum Gasteiger partial charge on any atom is -0.456 e. The van der Waals surface area contributed by atoms with Crippen LogP contribution in [0.25, 0.3) is 28.4 Å². The number of nitriles is 1. The summed E-state index contributed by atoms with van der Waals surface area (Å²) in [5.74, 6) is 0.486. The third-order valence-corrected chi connectivity index (χ3v) is 4.92. The molecule has 7 heteroatoms. The quantitative estimate of drug-likeness (QED) is 0.512. The molecule has 4 rings (SSSR count). The monoisotopic (exact) mass is 379 g/mol. The summed E-state index contributed by atoms with van der Waals surface area (Å²) >= 11 is 7.15. The molecule has 0 atom stereocenters. The molecule has 1 N–H and O–H groups in total. The first-order chi connectivity index (χ1) is 12.6. The Morgan fingerprint density at radius 3 is 2.77 bits per heavy atom. The van der Waals surface area contributed by atoms with Crippen LogP contribution in [-0.4, -0.2) is 11.1 Å². The van der Waals surface area contributed by atoms with E-state index in [0.717, 1.165) is 39.6 Å². The molecule has 2 aromatic carbocycles. The van der Waals surface area contributed by atoms with Crippen molar-refractivity contribution in [3.63, 3.8) is 0 Å². The van der Waals surface area contributed by atoms with E-state index in [9.17, 15) is 4.79 Å². The van der Waals surface area contributed by atoms with Crippen LogP contribution in [0.4, 0.5) is 0 Å². The van der Waals surface area contributed by atoms with Crippen LogP contribution in [-0.2, 0) is 4.79 Å². The molecule has 1 fully saturated rings. The Morgan fingerprint density at radius 2 is 2.00 bits per heavy atom. The van der Waals surface area contributed by atoms with Crippen LogP contribution in [0.2, 0.25) is 5.02 Å². The molecule has 0 radical (unpaired) electrons. The first-order valence-electron chi connectivity index (χ1n) is 7.59. The Balaban J connectivity index is 1.60. The van der Waals surface area contributed by atoms with Crippen LogP contribution < -0.4 is 5.32 Å². The molecule has 0 aliphatic carbocycles. The van der Waals surface area contributed by atoms with Crippen LogP contribution in [0.5, 0.6) is 0 Å². The smallest absolute Gasteiger partial charge is 0.264 e. The van der Waals surface area contributed by atoms with Crippen LogP contribution >= 0.6 is 23.4 Å². The average Bonchev–Trinajstić information content (AvgIpc) is 3.19. The minimum absolute atomic E-state index is 0.262. The number of furan rings is 1. The fraction of sp³-hybridized carbons (Fsp3) is 0. The van der Waals surface area contributed by atoms with E-state index in [1.54, 1.807) is 18.3 Å². The number of carbonyl (C=O) groups excluding carboxylic acids is 1. The highest BCUT2D eigenvalue weighted by molar-refractivity contribution is 8.18. The Labute approximate surface area is 158 Å². The van der Waals surface area contributed by atoms with Crippen molar-refractivity contribution in [1.82, 2.24) is 5.32 Å². The van der Waals surface area contributed by atoms with Gasteiger partial charge in [-0.25, -0.2) is 0 Å². The SMILES string of the molecule is N#CN=C1NC(=O)C(=Cc2ccc(-c3cc4cc(Cl)ccc4o3)cc2)S1. The molecule has 0 saturated carbocycles. The van der Waals surface area contributed by atoms with Crippen molar-refractivity contribution in [2.75, 3.05) is 0 Å². The van der Waals surface area contributed by atoms with E-state index < -0.39 is 0 Å². The maximum absolute atomic E-state index is 11.9. The number of benzene rings is 2. The highest BCUT2D eigenvalue weighted by Crippen LogP contribution is 2.31. The van der Waals surface area contributed by atoms with E-state index in [1.807, 2.05) is 42.5 Å². The number of nitrogens with one attached hydrogen (secondary N) is 1. The molecule has 1 amide bonds. The van der Waals surface area contributed by atoms with E-state index in [-0.39, 0.29) is 5.91 Å². The molecule has 0 unspecified atom stereocenters. The number of hydrogen-bond acceptors (Lipinski definition) is 5. The largest absolute Gasteiger partial charge is 0.456 e. The zero-order valence-corrected chi connectivity index (χ0v) is 14.8. The zero-order chi connectivity index (χ0) is 18.1. The van der Waals surface area contributed by atoms with Crippen LogP contribution in [0.3, 0.4) is 0 Å². The summed E-state index contributed by atoms with van der Waals surface area (Å²) in [6.07, 6.45) is 3.41. The summed E-state index contributed by atoms with van der Waals surface area (Å²) in [5.41, 5.74) is 2.57. The van der Waals surface area contributed by atoms with Crippen molar-refractivity contribution < 1.29 is 9.21 Å². The van der Waals surface area contributed by atoms with Crippen LogP contribution in [0.1, 0.15) is 5.56 Å². The number of carbonyl (C=O) groups is 1. The Kier molecular flexibility index (Phi) is 4.25. The van der Waals surface area contributed by atoms with Gasteiger partial charge < -0.3 is 4.42 Å². The van der Waals surface area contributed by atoms with E-state index in [0.29, 0.717) is 15.1 Å². The number of halogens is 1. The summed E-state index contributed by atoms with van der Waals surface area (Å²) in [7, 11) is 0. The van der Waals surface area contributed by atoms with Gasteiger partial charge in [0.15, 0.2) is 5.17 Å². The number of amides is 1. The van der Waals surface area contributed by atoms with Crippen molar-refractivity contribution in [1.29, 1.82) is 5.26 Å². The lowest BCUT2D eigenvalue weighted by molar-refractivity contribution is -0.115. The predicted molar refractivity (Wildman–Crippen MR) is 103 cm³/mol. The van der Waals surface area contributed by atoms with E-state index in [2.05, 4.69) is 10.3 Å². The van der Waals surface area contributed by atoms with Gasteiger partial charge in [-0.2, -0.15) is 5.26 Å². The zero-order valence-electron chi connectivity index (χ0n) is 13.2. The fourth-order valence-electron chi connectivity index (χ4n) is 2.58. The van der Waals surface area contributed by atoms with Gasteiger partial charge in [-0.05, 0) is 47.7 Å². The van der Waals surface area contributed by atoms with Crippen molar-refractivity contribution in [2.24, 2.45) is 4.99 Å². The van der Waals surface area contributed by atoms with Gasteiger partial charge in [-0.1, -0.05) is 35.9 Å².